The molecule has 1 atom stereocenters. The van der Waals surface area contributed by atoms with Gasteiger partial charge in [0.25, 0.3) is 0 Å². The summed E-state index contributed by atoms with van der Waals surface area (Å²) in [6.07, 6.45) is 0.896. The third kappa shape index (κ3) is 1.35. The summed E-state index contributed by atoms with van der Waals surface area (Å²) in [7, 11) is 0. The number of hydrogen-bond donors (Lipinski definition) is 0. The van der Waals surface area contributed by atoms with Crippen molar-refractivity contribution in [1.29, 1.82) is 0 Å². The Kier molecular flexibility index (Phi) is 1.88. The van der Waals surface area contributed by atoms with Crippen molar-refractivity contribution in [3.05, 3.63) is 35.1 Å². The van der Waals surface area contributed by atoms with E-state index >= 15 is 0 Å². The van der Waals surface area contributed by atoms with E-state index in [1.165, 1.54) is 11.6 Å². The molecule has 2 heteroatoms. The smallest absolute Gasteiger partial charge is 0.123 e. The maximum Gasteiger partial charge on any atom is 0.123 e. The molecule has 0 fully saturated rings. The second kappa shape index (κ2) is 2.71. The van der Waals surface area contributed by atoms with E-state index in [9.17, 15) is 4.39 Å². The molecule has 0 N–H and O–H groups in total. The van der Waals surface area contributed by atoms with Gasteiger partial charge in [0, 0.05) is 0 Å². The molecule has 1 aromatic carbocycles. The van der Waals surface area contributed by atoms with E-state index < -0.39 is 0 Å². The molecule has 0 bridgehead atoms. The molecule has 0 aromatic heterocycles. The third-order valence-corrected chi connectivity index (χ3v) is 3.16. The van der Waals surface area contributed by atoms with Crippen LogP contribution in [0.2, 0.25) is 0 Å². The number of fused-ring (bicyclic) bond motifs is 1. The maximum absolute atomic E-state index is 12.9. The van der Waals surface area contributed by atoms with Gasteiger partial charge in [-0.1, -0.05) is 19.9 Å². The molecule has 0 aliphatic heterocycles. The summed E-state index contributed by atoms with van der Waals surface area (Å²) in [5.41, 5.74) is 2.25. The largest absolute Gasteiger partial charge is 0.207 e. The van der Waals surface area contributed by atoms with E-state index in [-0.39, 0.29) is 16.6 Å². The fourth-order valence-corrected chi connectivity index (χ4v) is 2.64. The standard InChI is InChI=1S/C11H12ClF/c1-11(2)6-10(12)8-5-7(13)3-4-9(8)11/h3-5,10H,6H2,1-2H3. The predicted molar refractivity (Wildman–Crippen MR) is 52.6 cm³/mol. The summed E-state index contributed by atoms with van der Waals surface area (Å²) in [5, 5.41) is -0.0271. The molecular formula is C11H12ClF. The first kappa shape index (κ1) is 9.01. The second-order valence-corrected chi connectivity index (χ2v) is 4.81. The van der Waals surface area contributed by atoms with Gasteiger partial charge in [0.1, 0.15) is 5.82 Å². The monoisotopic (exact) mass is 198 g/mol. The van der Waals surface area contributed by atoms with Crippen molar-refractivity contribution in [3.63, 3.8) is 0 Å². The number of halogens is 2. The fraction of sp³-hybridized carbons (Fsp3) is 0.455. The highest BCUT2D eigenvalue weighted by Crippen LogP contribution is 2.47. The molecule has 0 amide bonds. The normalized spacial score (nSPS) is 24.5. The zero-order valence-electron chi connectivity index (χ0n) is 7.77. The van der Waals surface area contributed by atoms with Crippen LogP contribution in [-0.4, -0.2) is 0 Å². The van der Waals surface area contributed by atoms with Crippen LogP contribution in [-0.2, 0) is 5.41 Å². The molecule has 1 aliphatic rings. The minimum absolute atomic E-state index is 0.0271. The molecule has 0 heterocycles. The summed E-state index contributed by atoms with van der Waals surface area (Å²) < 4.78 is 12.9. The lowest BCUT2D eigenvalue weighted by Gasteiger charge is -2.18. The van der Waals surface area contributed by atoms with Gasteiger partial charge in [0.15, 0.2) is 0 Å². The lowest BCUT2D eigenvalue weighted by atomic mass is 9.87. The van der Waals surface area contributed by atoms with Crippen molar-refractivity contribution in [3.8, 4) is 0 Å². The molecule has 0 saturated heterocycles. The van der Waals surface area contributed by atoms with Crippen molar-refractivity contribution >= 4 is 11.6 Å². The van der Waals surface area contributed by atoms with Crippen LogP contribution in [0, 0.1) is 5.82 Å². The molecule has 0 spiro atoms. The first-order valence-electron chi connectivity index (χ1n) is 4.45. The Morgan fingerprint density at radius 3 is 2.85 bits per heavy atom. The third-order valence-electron chi connectivity index (χ3n) is 2.77. The molecule has 1 unspecified atom stereocenters. The van der Waals surface area contributed by atoms with Crippen LogP contribution < -0.4 is 0 Å². The van der Waals surface area contributed by atoms with Crippen molar-refractivity contribution in [2.24, 2.45) is 0 Å². The van der Waals surface area contributed by atoms with Gasteiger partial charge < -0.3 is 0 Å². The molecule has 1 aliphatic carbocycles. The highest BCUT2D eigenvalue weighted by atomic mass is 35.5. The van der Waals surface area contributed by atoms with Crippen LogP contribution in [0.1, 0.15) is 36.8 Å². The van der Waals surface area contributed by atoms with E-state index in [4.69, 9.17) is 11.6 Å². The summed E-state index contributed by atoms with van der Waals surface area (Å²) >= 11 is 6.13. The molecule has 13 heavy (non-hydrogen) atoms. The van der Waals surface area contributed by atoms with Gasteiger partial charge in [-0.05, 0) is 35.1 Å². The van der Waals surface area contributed by atoms with E-state index in [0.29, 0.717) is 0 Å². The summed E-state index contributed by atoms with van der Waals surface area (Å²) in [4.78, 5) is 0. The van der Waals surface area contributed by atoms with E-state index in [1.54, 1.807) is 6.07 Å². The van der Waals surface area contributed by atoms with Crippen molar-refractivity contribution < 1.29 is 4.39 Å². The van der Waals surface area contributed by atoms with Gasteiger partial charge >= 0.3 is 0 Å². The van der Waals surface area contributed by atoms with Crippen LogP contribution in [0.25, 0.3) is 0 Å². The Labute approximate surface area is 82.7 Å². The summed E-state index contributed by atoms with van der Waals surface area (Å²) in [5.74, 6) is -0.192. The van der Waals surface area contributed by atoms with Gasteiger partial charge in [-0.2, -0.15) is 0 Å². The first-order valence-corrected chi connectivity index (χ1v) is 4.88. The SMILES string of the molecule is CC1(C)CC(Cl)c2cc(F)ccc21. The van der Waals surface area contributed by atoms with Gasteiger partial charge in [0.05, 0.1) is 5.38 Å². The van der Waals surface area contributed by atoms with Gasteiger partial charge in [-0.25, -0.2) is 4.39 Å². The predicted octanol–water partition coefficient (Wildman–Crippen LogP) is 3.79. The Morgan fingerprint density at radius 1 is 1.46 bits per heavy atom. The van der Waals surface area contributed by atoms with Crippen molar-refractivity contribution in [1.82, 2.24) is 0 Å². The number of benzene rings is 1. The first-order chi connectivity index (χ1) is 6.00. The quantitative estimate of drug-likeness (QED) is 0.557. The van der Waals surface area contributed by atoms with Crippen LogP contribution >= 0.6 is 11.6 Å². The van der Waals surface area contributed by atoms with Crippen LogP contribution in [0.5, 0.6) is 0 Å². The highest BCUT2D eigenvalue weighted by molar-refractivity contribution is 6.21. The minimum atomic E-state index is -0.192. The van der Waals surface area contributed by atoms with Crippen LogP contribution in [0.3, 0.4) is 0 Å². The fourth-order valence-electron chi connectivity index (χ4n) is 2.08. The average molecular weight is 199 g/mol. The molecule has 2 rings (SSSR count). The molecular weight excluding hydrogens is 187 g/mol. The van der Waals surface area contributed by atoms with Crippen LogP contribution in [0.15, 0.2) is 18.2 Å². The van der Waals surface area contributed by atoms with Crippen LogP contribution in [0.4, 0.5) is 4.39 Å². The minimum Gasteiger partial charge on any atom is -0.207 e. The maximum atomic E-state index is 12.9. The van der Waals surface area contributed by atoms with E-state index in [0.717, 1.165) is 12.0 Å². The zero-order valence-corrected chi connectivity index (χ0v) is 8.53. The van der Waals surface area contributed by atoms with Gasteiger partial charge in [0.2, 0.25) is 0 Å². The Morgan fingerprint density at radius 2 is 2.15 bits per heavy atom. The topological polar surface area (TPSA) is 0 Å². The molecule has 70 valence electrons. The molecule has 0 nitrogen and oxygen atoms in total. The zero-order chi connectivity index (χ0) is 9.64. The van der Waals surface area contributed by atoms with Crippen molar-refractivity contribution in [2.75, 3.05) is 0 Å². The molecule has 0 saturated carbocycles. The van der Waals surface area contributed by atoms with Gasteiger partial charge in [-0.15, -0.1) is 11.6 Å². The second-order valence-electron chi connectivity index (χ2n) is 4.29. The Bertz CT molecular complexity index is 344. The number of hydrogen-bond acceptors (Lipinski definition) is 0. The van der Waals surface area contributed by atoms with Crippen molar-refractivity contribution in [2.45, 2.75) is 31.1 Å². The average Bonchev–Trinajstić information content (AvgIpc) is 2.22. The Hall–Kier alpha value is -0.560. The van der Waals surface area contributed by atoms with Gasteiger partial charge in [-0.3, -0.25) is 0 Å². The van der Waals surface area contributed by atoms with E-state index in [1.807, 2.05) is 6.07 Å². The molecule has 1 aromatic rings. The highest BCUT2D eigenvalue weighted by Gasteiger charge is 2.35. The number of rotatable bonds is 0. The summed E-state index contributed by atoms with van der Waals surface area (Å²) in [6.45, 7) is 4.29. The lowest BCUT2D eigenvalue weighted by Crippen LogP contribution is -2.11. The number of alkyl halides is 1. The Balaban J connectivity index is 2.59. The summed E-state index contributed by atoms with van der Waals surface area (Å²) in [6, 6.07) is 4.92. The lowest BCUT2D eigenvalue weighted by molar-refractivity contribution is 0.516. The molecule has 0 radical (unpaired) electrons. The van der Waals surface area contributed by atoms with E-state index in [2.05, 4.69) is 13.8 Å².